The number of fused-ring (bicyclic) bond motifs is 1. The number of benzene rings is 2. The third-order valence-electron chi connectivity index (χ3n) is 4.62. The molecule has 25 heavy (non-hydrogen) atoms. The second kappa shape index (κ2) is 6.61. The van der Waals surface area contributed by atoms with Crippen LogP contribution in [0.5, 0.6) is 0 Å². The molecule has 4 rings (SSSR count). The zero-order chi connectivity index (χ0) is 17.4. The van der Waals surface area contributed by atoms with Crippen LogP contribution in [0.3, 0.4) is 0 Å². The Morgan fingerprint density at radius 1 is 1.12 bits per heavy atom. The normalized spacial score (nSPS) is 22.4. The maximum Gasteiger partial charge on any atom is 0.272 e. The number of nitrogens with zero attached hydrogens (tertiary/aromatic N) is 2. The molecular formula is C19H17BrN2O3. The molecule has 0 aliphatic carbocycles. The number of carbonyl (C=O) groups excluding carboxylic acids is 2. The van der Waals surface area contributed by atoms with E-state index in [1.165, 1.54) is 5.06 Å². The van der Waals surface area contributed by atoms with Gasteiger partial charge in [0.15, 0.2) is 0 Å². The first-order chi connectivity index (χ1) is 12.1. The van der Waals surface area contributed by atoms with Crippen LogP contribution in [0, 0.1) is 0 Å². The van der Waals surface area contributed by atoms with Crippen LogP contribution < -0.4 is 0 Å². The number of carbonyl (C=O) groups is 2. The number of likely N-dealkylation sites (tertiary alicyclic amines) is 1. The zero-order valence-electron chi connectivity index (χ0n) is 13.5. The number of hydrogen-bond acceptors (Lipinski definition) is 3. The Balaban J connectivity index is 1.51. The number of hydroxylamine groups is 2. The average Bonchev–Trinajstić information content (AvgIpc) is 3.17. The zero-order valence-corrected chi connectivity index (χ0v) is 15.1. The van der Waals surface area contributed by atoms with Gasteiger partial charge >= 0.3 is 0 Å². The molecular weight excluding hydrogens is 384 g/mol. The molecule has 0 spiro atoms. The molecule has 128 valence electrons. The van der Waals surface area contributed by atoms with Crippen molar-refractivity contribution in [2.24, 2.45) is 0 Å². The largest absolute Gasteiger partial charge is 0.324 e. The van der Waals surface area contributed by atoms with Crippen molar-refractivity contribution in [3.63, 3.8) is 0 Å². The fraction of sp³-hybridized carbons (Fsp3) is 0.263. The van der Waals surface area contributed by atoms with Gasteiger partial charge in [0.2, 0.25) is 0 Å². The summed E-state index contributed by atoms with van der Waals surface area (Å²) in [5.41, 5.74) is 1.58. The van der Waals surface area contributed by atoms with E-state index in [0.29, 0.717) is 25.1 Å². The van der Waals surface area contributed by atoms with E-state index in [1.54, 1.807) is 17.0 Å². The molecule has 2 heterocycles. The molecule has 2 aromatic rings. The van der Waals surface area contributed by atoms with E-state index in [4.69, 9.17) is 4.84 Å². The Kier molecular flexibility index (Phi) is 4.31. The second-order valence-corrected chi connectivity index (χ2v) is 7.16. The van der Waals surface area contributed by atoms with E-state index in [-0.39, 0.29) is 17.9 Å². The van der Waals surface area contributed by atoms with Crippen LogP contribution in [0.2, 0.25) is 0 Å². The molecule has 2 fully saturated rings. The van der Waals surface area contributed by atoms with E-state index in [9.17, 15) is 9.59 Å². The molecule has 0 aromatic heterocycles. The molecule has 0 radical (unpaired) electrons. The summed E-state index contributed by atoms with van der Waals surface area (Å²) in [5.74, 6) is -0.268. The minimum absolute atomic E-state index is 0.126. The lowest BCUT2D eigenvalue weighted by Gasteiger charge is -2.22. The topological polar surface area (TPSA) is 49.9 Å². The van der Waals surface area contributed by atoms with Gasteiger partial charge in [0, 0.05) is 16.6 Å². The fourth-order valence-electron chi connectivity index (χ4n) is 3.38. The monoisotopic (exact) mass is 400 g/mol. The van der Waals surface area contributed by atoms with Crippen molar-refractivity contribution in [3.05, 3.63) is 70.2 Å². The first kappa shape index (κ1) is 16.3. The first-order valence-electron chi connectivity index (χ1n) is 8.22. The Bertz CT molecular complexity index is 794. The van der Waals surface area contributed by atoms with Gasteiger partial charge in [0.25, 0.3) is 11.8 Å². The van der Waals surface area contributed by atoms with Crippen molar-refractivity contribution in [1.82, 2.24) is 9.96 Å². The van der Waals surface area contributed by atoms with Crippen molar-refractivity contribution in [2.45, 2.75) is 25.1 Å². The molecule has 2 aliphatic rings. The highest BCUT2D eigenvalue weighted by molar-refractivity contribution is 9.10. The van der Waals surface area contributed by atoms with Gasteiger partial charge in [0.1, 0.15) is 12.1 Å². The Morgan fingerprint density at radius 3 is 2.56 bits per heavy atom. The predicted octanol–water partition coefficient (Wildman–Crippen LogP) is 3.01. The quantitative estimate of drug-likeness (QED) is 0.795. The average molecular weight is 401 g/mol. The maximum absolute atomic E-state index is 12.8. The van der Waals surface area contributed by atoms with Crippen molar-refractivity contribution in [3.8, 4) is 0 Å². The Morgan fingerprint density at radius 2 is 1.84 bits per heavy atom. The molecule has 2 atom stereocenters. The summed E-state index contributed by atoms with van der Waals surface area (Å²) in [6.07, 6.45) is 0.417. The van der Waals surface area contributed by atoms with Crippen molar-refractivity contribution >= 4 is 27.7 Å². The van der Waals surface area contributed by atoms with Crippen LogP contribution in [-0.4, -0.2) is 40.5 Å². The summed E-state index contributed by atoms with van der Waals surface area (Å²) in [6, 6.07) is 16.4. The number of amides is 2. The summed E-state index contributed by atoms with van der Waals surface area (Å²) >= 11 is 3.37. The highest BCUT2D eigenvalue weighted by atomic mass is 79.9. The summed E-state index contributed by atoms with van der Waals surface area (Å²) in [5, 5.41) is 1.39. The highest BCUT2D eigenvalue weighted by Crippen LogP contribution is 2.32. The van der Waals surface area contributed by atoms with Gasteiger partial charge in [-0.3, -0.25) is 14.4 Å². The smallest absolute Gasteiger partial charge is 0.272 e. The molecule has 2 amide bonds. The van der Waals surface area contributed by atoms with Crippen LogP contribution in [0.1, 0.15) is 22.3 Å². The second-order valence-electron chi connectivity index (χ2n) is 6.24. The number of rotatable bonds is 3. The minimum Gasteiger partial charge on any atom is -0.324 e. The lowest BCUT2D eigenvalue weighted by molar-refractivity contribution is -0.177. The molecule has 2 aliphatic heterocycles. The van der Waals surface area contributed by atoms with Crippen LogP contribution in [0.4, 0.5) is 0 Å². The lowest BCUT2D eigenvalue weighted by Crippen LogP contribution is -2.43. The molecule has 6 heteroatoms. The van der Waals surface area contributed by atoms with Gasteiger partial charge in [-0.1, -0.05) is 46.3 Å². The van der Waals surface area contributed by atoms with E-state index >= 15 is 0 Å². The van der Waals surface area contributed by atoms with Crippen LogP contribution in [-0.2, 0) is 16.2 Å². The van der Waals surface area contributed by atoms with Gasteiger partial charge in [-0.05, 0) is 36.2 Å². The SMILES string of the molecule is O=C1[C@H]2[C@@H](CCN2C(=O)c2ccc(Br)cc2)ON1Cc1ccccc1. The first-order valence-corrected chi connectivity index (χ1v) is 9.01. The molecule has 2 saturated heterocycles. The third kappa shape index (κ3) is 3.07. The van der Waals surface area contributed by atoms with Crippen molar-refractivity contribution < 1.29 is 14.4 Å². The summed E-state index contributed by atoms with van der Waals surface area (Å²) in [7, 11) is 0. The molecule has 0 saturated carbocycles. The summed E-state index contributed by atoms with van der Waals surface area (Å²) in [4.78, 5) is 33.0. The Labute approximate surface area is 154 Å². The van der Waals surface area contributed by atoms with E-state index in [0.717, 1.165) is 10.0 Å². The predicted molar refractivity (Wildman–Crippen MR) is 95.4 cm³/mol. The minimum atomic E-state index is -0.528. The van der Waals surface area contributed by atoms with Gasteiger partial charge in [-0.15, -0.1) is 0 Å². The lowest BCUT2D eigenvalue weighted by atomic mass is 10.1. The highest BCUT2D eigenvalue weighted by Gasteiger charge is 2.51. The van der Waals surface area contributed by atoms with E-state index in [1.807, 2.05) is 42.5 Å². The maximum atomic E-state index is 12.8. The third-order valence-corrected chi connectivity index (χ3v) is 5.15. The van der Waals surface area contributed by atoms with Crippen LogP contribution >= 0.6 is 15.9 Å². The van der Waals surface area contributed by atoms with Gasteiger partial charge in [0.05, 0.1) is 6.54 Å². The number of hydrogen-bond donors (Lipinski definition) is 0. The van der Waals surface area contributed by atoms with Crippen molar-refractivity contribution in [1.29, 1.82) is 0 Å². The van der Waals surface area contributed by atoms with Gasteiger partial charge in [-0.25, -0.2) is 5.06 Å². The Hall–Kier alpha value is -2.18. The molecule has 2 aromatic carbocycles. The molecule has 0 N–H and O–H groups in total. The fourth-order valence-corrected chi connectivity index (χ4v) is 3.64. The molecule has 5 nitrogen and oxygen atoms in total. The van der Waals surface area contributed by atoms with E-state index < -0.39 is 6.04 Å². The van der Waals surface area contributed by atoms with Crippen LogP contribution in [0.25, 0.3) is 0 Å². The van der Waals surface area contributed by atoms with Gasteiger partial charge < -0.3 is 4.90 Å². The van der Waals surface area contributed by atoms with Gasteiger partial charge in [-0.2, -0.15) is 0 Å². The molecule has 0 bridgehead atoms. The summed E-state index contributed by atoms with van der Waals surface area (Å²) < 4.78 is 0.915. The molecule has 0 unspecified atom stereocenters. The number of halogens is 1. The summed E-state index contributed by atoms with van der Waals surface area (Å²) in [6.45, 7) is 0.933. The van der Waals surface area contributed by atoms with E-state index in [2.05, 4.69) is 15.9 Å². The standard InChI is InChI=1S/C19H17BrN2O3/c20-15-8-6-14(7-9-15)18(23)21-11-10-16-17(21)19(24)22(25-16)12-13-4-2-1-3-5-13/h1-9,16-17H,10-12H2/t16-,17-/m1/s1. The van der Waals surface area contributed by atoms with Crippen molar-refractivity contribution in [2.75, 3.05) is 6.54 Å². The van der Waals surface area contributed by atoms with Crippen LogP contribution in [0.15, 0.2) is 59.1 Å².